The van der Waals surface area contributed by atoms with Crippen LogP contribution in [0.5, 0.6) is 5.75 Å². The van der Waals surface area contributed by atoms with Crippen LogP contribution in [0.1, 0.15) is 39.7 Å². The first-order chi connectivity index (χ1) is 11.7. The van der Waals surface area contributed by atoms with E-state index in [1.165, 1.54) is 4.90 Å². The Kier molecular flexibility index (Phi) is 5.85. The lowest BCUT2D eigenvalue weighted by Crippen LogP contribution is -2.40. The van der Waals surface area contributed by atoms with Crippen LogP contribution in [-0.2, 0) is 11.3 Å². The minimum absolute atomic E-state index is 0.111. The van der Waals surface area contributed by atoms with E-state index >= 15 is 0 Å². The number of hydrogen-bond donors (Lipinski definition) is 2. The SMILES string of the molecule is CC[C@H](O)CN(Cc1ccc2cnccc2c1O)C(=O)OC(C)(C)C. The zero-order valence-electron chi connectivity index (χ0n) is 15.2. The summed E-state index contributed by atoms with van der Waals surface area (Å²) in [5, 5.41) is 22.0. The van der Waals surface area contributed by atoms with Gasteiger partial charge in [0.15, 0.2) is 0 Å². The normalized spacial score (nSPS) is 12.8. The Labute approximate surface area is 148 Å². The molecular weight excluding hydrogens is 320 g/mol. The third kappa shape index (κ3) is 5.06. The third-order valence-electron chi connectivity index (χ3n) is 3.79. The van der Waals surface area contributed by atoms with Crippen LogP contribution in [0, 0.1) is 0 Å². The number of carbonyl (C=O) groups is 1. The fourth-order valence-corrected chi connectivity index (χ4v) is 2.44. The van der Waals surface area contributed by atoms with Crippen molar-refractivity contribution in [1.29, 1.82) is 0 Å². The highest BCUT2D eigenvalue weighted by molar-refractivity contribution is 5.88. The van der Waals surface area contributed by atoms with Gasteiger partial charge in [0.2, 0.25) is 0 Å². The number of ether oxygens (including phenoxy) is 1. The first-order valence-corrected chi connectivity index (χ1v) is 8.42. The average Bonchev–Trinajstić information content (AvgIpc) is 2.55. The number of pyridine rings is 1. The summed E-state index contributed by atoms with van der Waals surface area (Å²) in [6.45, 7) is 7.51. The fraction of sp³-hybridized carbons (Fsp3) is 0.474. The zero-order chi connectivity index (χ0) is 18.6. The number of hydrogen-bond acceptors (Lipinski definition) is 5. The Balaban J connectivity index is 2.29. The molecule has 25 heavy (non-hydrogen) atoms. The topological polar surface area (TPSA) is 82.9 Å². The highest BCUT2D eigenvalue weighted by atomic mass is 16.6. The number of carbonyl (C=O) groups excluding carboxylic acids is 1. The molecule has 6 heteroatoms. The fourth-order valence-electron chi connectivity index (χ4n) is 2.44. The van der Waals surface area contributed by atoms with Crippen LogP contribution in [0.25, 0.3) is 10.8 Å². The highest BCUT2D eigenvalue weighted by Gasteiger charge is 2.25. The maximum Gasteiger partial charge on any atom is 0.410 e. The van der Waals surface area contributed by atoms with Crippen molar-refractivity contribution in [3.05, 3.63) is 36.2 Å². The van der Waals surface area contributed by atoms with Gasteiger partial charge in [-0.2, -0.15) is 0 Å². The molecule has 2 aromatic rings. The van der Waals surface area contributed by atoms with E-state index in [9.17, 15) is 15.0 Å². The van der Waals surface area contributed by atoms with Gasteiger partial charge in [0.1, 0.15) is 11.4 Å². The molecule has 6 nitrogen and oxygen atoms in total. The van der Waals surface area contributed by atoms with Gasteiger partial charge in [0.05, 0.1) is 19.2 Å². The number of benzene rings is 1. The molecule has 0 bridgehead atoms. The van der Waals surface area contributed by atoms with Gasteiger partial charge in [0.25, 0.3) is 0 Å². The second-order valence-corrected chi connectivity index (χ2v) is 7.09. The van der Waals surface area contributed by atoms with E-state index in [4.69, 9.17) is 4.74 Å². The molecule has 0 spiro atoms. The van der Waals surface area contributed by atoms with Crippen LogP contribution in [0.4, 0.5) is 4.79 Å². The number of phenols is 1. The highest BCUT2D eigenvalue weighted by Crippen LogP contribution is 2.29. The molecular formula is C19H26N2O4. The van der Waals surface area contributed by atoms with Crippen molar-refractivity contribution in [2.45, 2.75) is 52.4 Å². The predicted molar refractivity (Wildman–Crippen MR) is 96.3 cm³/mol. The molecule has 0 aliphatic heterocycles. The monoisotopic (exact) mass is 346 g/mol. The number of amides is 1. The van der Waals surface area contributed by atoms with Gasteiger partial charge in [-0.1, -0.05) is 19.1 Å². The Morgan fingerprint density at radius 3 is 2.68 bits per heavy atom. The summed E-state index contributed by atoms with van der Waals surface area (Å²) in [5.41, 5.74) is -0.0447. The Bertz CT molecular complexity index is 740. The summed E-state index contributed by atoms with van der Waals surface area (Å²) in [7, 11) is 0. The Morgan fingerprint density at radius 2 is 2.04 bits per heavy atom. The molecule has 0 unspecified atom stereocenters. The number of aromatic hydroxyl groups is 1. The molecule has 0 saturated carbocycles. The van der Waals surface area contributed by atoms with E-state index in [1.807, 2.05) is 13.0 Å². The number of phenolic OH excluding ortho intramolecular Hbond substituents is 1. The lowest BCUT2D eigenvalue weighted by molar-refractivity contribution is 0.0122. The van der Waals surface area contributed by atoms with Crippen LogP contribution in [0.15, 0.2) is 30.6 Å². The molecule has 2 rings (SSSR count). The van der Waals surface area contributed by atoms with E-state index in [1.54, 1.807) is 45.3 Å². The summed E-state index contributed by atoms with van der Waals surface area (Å²) in [6, 6.07) is 5.34. The Hall–Kier alpha value is -2.34. The summed E-state index contributed by atoms with van der Waals surface area (Å²) < 4.78 is 5.43. The van der Waals surface area contributed by atoms with Gasteiger partial charge < -0.3 is 19.8 Å². The smallest absolute Gasteiger partial charge is 0.410 e. The van der Waals surface area contributed by atoms with Crippen molar-refractivity contribution in [3.63, 3.8) is 0 Å². The second-order valence-electron chi connectivity index (χ2n) is 7.09. The summed E-state index contributed by atoms with van der Waals surface area (Å²) in [6.07, 6.45) is 2.63. The van der Waals surface area contributed by atoms with Crippen LogP contribution >= 0.6 is 0 Å². The molecule has 136 valence electrons. The van der Waals surface area contributed by atoms with Gasteiger partial charge >= 0.3 is 6.09 Å². The van der Waals surface area contributed by atoms with E-state index in [-0.39, 0.29) is 18.8 Å². The third-order valence-corrected chi connectivity index (χ3v) is 3.79. The van der Waals surface area contributed by atoms with Crippen molar-refractivity contribution >= 4 is 16.9 Å². The molecule has 0 saturated heterocycles. The minimum atomic E-state index is -0.653. The van der Waals surface area contributed by atoms with Gasteiger partial charge in [0, 0.05) is 28.7 Å². The van der Waals surface area contributed by atoms with Gasteiger partial charge in [-0.3, -0.25) is 4.98 Å². The quantitative estimate of drug-likeness (QED) is 0.866. The van der Waals surface area contributed by atoms with Crippen LogP contribution in [0.2, 0.25) is 0 Å². The average molecular weight is 346 g/mol. The molecule has 0 fully saturated rings. The van der Waals surface area contributed by atoms with Gasteiger partial charge in [-0.25, -0.2) is 4.79 Å². The number of rotatable bonds is 5. The minimum Gasteiger partial charge on any atom is -0.507 e. The molecule has 2 N–H and O–H groups in total. The van der Waals surface area contributed by atoms with E-state index in [0.29, 0.717) is 17.4 Å². The standard InChI is InChI=1S/C19H26N2O4/c1-5-15(22)12-21(18(24)25-19(2,3)4)11-14-7-6-13-10-20-9-8-16(13)17(14)23/h6-10,15,22-23H,5,11-12H2,1-4H3/t15-/m0/s1. The van der Waals surface area contributed by atoms with Crippen molar-refractivity contribution in [1.82, 2.24) is 9.88 Å². The molecule has 1 aromatic carbocycles. The maximum absolute atomic E-state index is 12.5. The number of fused-ring (bicyclic) bond motifs is 1. The van der Waals surface area contributed by atoms with Crippen molar-refractivity contribution in [3.8, 4) is 5.75 Å². The van der Waals surface area contributed by atoms with Crippen molar-refractivity contribution < 1.29 is 19.7 Å². The largest absolute Gasteiger partial charge is 0.507 e. The van der Waals surface area contributed by atoms with Gasteiger partial charge in [-0.15, -0.1) is 0 Å². The molecule has 1 heterocycles. The summed E-state index contributed by atoms with van der Waals surface area (Å²) >= 11 is 0. The molecule has 1 aromatic heterocycles. The predicted octanol–water partition coefficient (Wildman–Crippen LogP) is 3.45. The van der Waals surface area contributed by atoms with Gasteiger partial charge in [-0.05, 0) is 33.3 Å². The van der Waals surface area contributed by atoms with E-state index < -0.39 is 17.8 Å². The first-order valence-electron chi connectivity index (χ1n) is 8.42. The molecule has 1 amide bonds. The van der Waals surface area contributed by atoms with Crippen molar-refractivity contribution in [2.75, 3.05) is 6.54 Å². The zero-order valence-corrected chi connectivity index (χ0v) is 15.2. The van der Waals surface area contributed by atoms with E-state index in [2.05, 4.69) is 4.98 Å². The molecule has 1 atom stereocenters. The first kappa shape index (κ1) is 19.0. The molecule has 0 aliphatic rings. The molecule has 0 aliphatic carbocycles. The summed E-state index contributed by atoms with van der Waals surface area (Å²) in [4.78, 5) is 17.9. The molecule has 0 radical (unpaired) electrons. The second kappa shape index (κ2) is 7.70. The Morgan fingerprint density at radius 1 is 1.32 bits per heavy atom. The lowest BCUT2D eigenvalue weighted by Gasteiger charge is -2.29. The van der Waals surface area contributed by atoms with Crippen molar-refractivity contribution in [2.24, 2.45) is 0 Å². The number of aliphatic hydroxyl groups is 1. The lowest BCUT2D eigenvalue weighted by atomic mass is 10.1. The number of nitrogens with zero attached hydrogens (tertiary/aromatic N) is 2. The van der Waals surface area contributed by atoms with Crippen LogP contribution < -0.4 is 0 Å². The van der Waals surface area contributed by atoms with Crippen LogP contribution in [0.3, 0.4) is 0 Å². The number of aromatic nitrogens is 1. The summed E-state index contributed by atoms with van der Waals surface area (Å²) in [5.74, 6) is 0.111. The van der Waals surface area contributed by atoms with E-state index in [0.717, 1.165) is 5.39 Å². The number of aliphatic hydroxyl groups excluding tert-OH is 1. The maximum atomic E-state index is 12.5. The van der Waals surface area contributed by atoms with Crippen LogP contribution in [-0.4, -0.2) is 44.4 Å².